The summed E-state index contributed by atoms with van der Waals surface area (Å²) in [6.07, 6.45) is 4.95. The minimum Gasteiger partial charge on any atom is -0.496 e. The van der Waals surface area contributed by atoms with Crippen LogP contribution in [0.1, 0.15) is 55.1 Å². The standard InChI is InChI=1S/C25H34N4O3/c1-17-12-19(15-26-14-17)23(30)27-21-6-7-22(32-5)20(13-21)16-29-10-8-18(9-11-29)24(31)28-25(2,3)4/h6-7,12-15,18H,8-11,16H2,1-5H3,(H,27,30)(H,28,31). The molecule has 0 bridgehead atoms. The summed E-state index contributed by atoms with van der Waals surface area (Å²) in [6.45, 7) is 10.3. The second-order valence-electron chi connectivity index (χ2n) is 9.52. The number of methoxy groups -OCH3 is 1. The molecule has 7 nitrogen and oxygen atoms in total. The van der Waals surface area contributed by atoms with E-state index in [4.69, 9.17) is 4.74 Å². The Labute approximate surface area is 190 Å². The molecule has 7 heteroatoms. The van der Waals surface area contributed by atoms with Crippen LogP contribution in [0.3, 0.4) is 0 Å². The molecular formula is C25H34N4O3. The van der Waals surface area contributed by atoms with Crippen LogP contribution in [0, 0.1) is 12.8 Å². The highest BCUT2D eigenvalue weighted by molar-refractivity contribution is 6.04. The van der Waals surface area contributed by atoms with Crippen molar-refractivity contribution >= 4 is 17.5 Å². The highest BCUT2D eigenvalue weighted by Crippen LogP contribution is 2.27. The van der Waals surface area contributed by atoms with Crippen molar-refractivity contribution in [3.8, 4) is 5.75 Å². The Hall–Kier alpha value is -2.93. The third-order valence-electron chi connectivity index (χ3n) is 5.53. The smallest absolute Gasteiger partial charge is 0.257 e. The highest BCUT2D eigenvalue weighted by atomic mass is 16.5. The Balaban J connectivity index is 1.63. The molecule has 2 N–H and O–H groups in total. The Bertz CT molecular complexity index is 960. The molecule has 0 aliphatic carbocycles. The molecule has 0 saturated carbocycles. The van der Waals surface area contributed by atoms with E-state index in [1.165, 1.54) is 0 Å². The number of amides is 2. The lowest BCUT2D eigenvalue weighted by atomic mass is 9.94. The predicted octanol–water partition coefficient (Wildman–Crippen LogP) is 3.78. The van der Waals surface area contributed by atoms with Gasteiger partial charge in [0.05, 0.1) is 12.7 Å². The maximum absolute atomic E-state index is 12.6. The molecule has 0 spiro atoms. The maximum Gasteiger partial charge on any atom is 0.257 e. The zero-order chi connectivity index (χ0) is 23.3. The molecule has 0 unspecified atom stereocenters. The summed E-state index contributed by atoms with van der Waals surface area (Å²) in [5.74, 6) is 0.793. The summed E-state index contributed by atoms with van der Waals surface area (Å²) < 4.78 is 5.55. The van der Waals surface area contributed by atoms with E-state index in [0.29, 0.717) is 17.8 Å². The lowest BCUT2D eigenvalue weighted by molar-refractivity contribution is -0.127. The van der Waals surface area contributed by atoms with Gasteiger partial charge in [-0.25, -0.2) is 0 Å². The van der Waals surface area contributed by atoms with Gasteiger partial charge in [-0.1, -0.05) is 0 Å². The molecule has 1 aliphatic rings. The summed E-state index contributed by atoms with van der Waals surface area (Å²) in [6, 6.07) is 7.49. The number of hydrogen-bond donors (Lipinski definition) is 2. The SMILES string of the molecule is COc1ccc(NC(=O)c2cncc(C)c2)cc1CN1CCC(C(=O)NC(C)(C)C)CC1. The van der Waals surface area contributed by atoms with Gasteiger partial charge in [0.1, 0.15) is 5.75 Å². The maximum atomic E-state index is 12.6. The Morgan fingerprint density at radius 1 is 1.16 bits per heavy atom. The lowest BCUT2D eigenvalue weighted by Gasteiger charge is -2.33. The summed E-state index contributed by atoms with van der Waals surface area (Å²) in [5.41, 5.74) is 2.98. The first kappa shape index (κ1) is 23.7. The summed E-state index contributed by atoms with van der Waals surface area (Å²) in [5, 5.41) is 6.04. The van der Waals surface area contributed by atoms with Crippen LogP contribution in [0.15, 0.2) is 36.7 Å². The van der Waals surface area contributed by atoms with Crippen molar-refractivity contribution in [2.45, 2.75) is 52.6 Å². The number of carbonyl (C=O) groups is 2. The number of pyridine rings is 1. The van der Waals surface area contributed by atoms with Gasteiger partial charge in [0.15, 0.2) is 0 Å². The van der Waals surface area contributed by atoms with E-state index < -0.39 is 0 Å². The summed E-state index contributed by atoms with van der Waals surface area (Å²) in [7, 11) is 1.65. The Morgan fingerprint density at radius 3 is 2.50 bits per heavy atom. The average Bonchev–Trinajstić information content (AvgIpc) is 2.73. The Morgan fingerprint density at radius 2 is 1.88 bits per heavy atom. The van der Waals surface area contributed by atoms with Crippen LogP contribution in [0.4, 0.5) is 5.69 Å². The van der Waals surface area contributed by atoms with E-state index in [9.17, 15) is 9.59 Å². The van der Waals surface area contributed by atoms with Crippen LogP contribution in [-0.4, -0.2) is 47.4 Å². The van der Waals surface area contributed by atoms with Crippen LogP contribution in [0.25, 0.3) is 0 Å². The van der Waals surface area contributed by atoms with Crippen molar-refractivity contribution in [1.82, 2.24) is 15.2 Å². The van der Waals surface area contributed by atoms with Crippen molar-refractivity contribution in [3.63, 3.8) is 0 Å². The number of ether oxygens (including phenoxy) is 1. The van der Waals surface area contributed by atoms with E-state index in [1.54, 1.807) is 19.5 Å². The van der Waals surface area contributed by atoms with E-state index in [1.807, 2.05) is 52.0 Å². The molecular weight excluding hydrogens is 404 g/mol. The number of hydrogen-bond acceptors (Lipinski definition) is 5. The van der Waals surface area contributed by atoms with Gasteiger partial charge < -0.3 is 15.4 Å². The number of aryl methyl sites for hydroxylation is 1. The molecule has 2 amide bonds. The highest BCUT2D eigenvalue weighted by Gasteiger charge is 2.27. The Kier molecular flexibility index (Phi) is 7.51. The second-order valence-corrected chi connectivity index (χ2v) is 9.52. The third kappa shape index (κ3) is 6.53. The van der Waals surface area contributed by atoms with Gasteiger partial charge in [0.25, 0.3) is 5.91 Å². The fraction of sp³-hybridized carbons (Fsp3) is 0.480. The lowest BCUT2D eigenvalue weighted by Crippen LogP contribution is -2.46. The molecule has 172 valence electrons. The topological polar surface area (TPSA) is 83.6 Å². The molecule has 3 rings (SSSR count). The first-order chi connectivity index (χ1) is 15.1. The van der Waals surface area contributed by atoms with Crippen LogP contribution >= 0.6 is 0 Å². The number of aromatic nitrogens is 1. The summed E-state index contributed by atoms with van der Waals surface area (Å²) in [4.78, 5) is 31.5. The number of carbonyl (C=O) groups excluding carboxylic acids is 2. The van der Waals surface area contributed by atoms with Crippen molar-refractivity contribution in [3.05, 3.63) is 53.3 Å². The average molecular weight is 439 g/mol. The number of piperidine rings is 1. The minimum atomic E-state index is -0.207. The predicted molar refractivity (Wildman–Crippen MR) is 126 cm³/mol. The third-order valence-corrected chi connectivity index (χ3v) is 5.53. The van der Waals surface area contributed by atoms with Crippen LogP contribution < -0.4 is 15.4 Å². The fourth-order valence-electron chi connectivity index (χ4n) is 3.93. The number of nitrogens with zero attached hydrogens (tertiary/aromatic N) is 2. The molecule has 1 saturated heterocycles. The van der Waals surface area contributed by atoms with Gasteiger partial charge >= 0.3 is 0 Å². The number of rotatable bonds is 6. The molecule has 1 fully saturated rings. The van der Waals surface area contributed by atoms with Gasteiger partial charge in [0, 0.05) is 41.6 Å². The van der Waals surface area contributed by atoms with E-state index in [-0.39, 0.29) is 23.3 Å². The fourth-order valence-corrected chi connectivity index (χ4v) is 3.93. The number of benzene rings is 1. The first-order valence-electron chi connectivity index (χ1n) is 11.1. The van der Waals surface area contributed by atoms with Crippen molar-refractivity contribution in [1.29, 1.82) is 0 Å². The van der Waals surface area contributed by atoms with Crippen LogP contribution in [0.2, 0.25) is 0 Å². The van der Waals surface area contributed by atoms with E-state index in [0.717, 1.165) is 42.8 Å². The molecule has 1 aromatic carbocycles. The van der Waals surface area contributed by atoms with Gasteiger partial charge in [-0.05, 0) is 83.5 Å². The zero-order valence-corrected chi connectivity index (χ0v) is 19.7. The summed E-state index contributed by atoms with van der Waals surface area (Å²) >= 11 is 0. The molecule has 2 heterocycles. The molecule has 32 heavy (non-hydrogen) atoms. The van der Waals surface area contributed by atoms with E-state index >= 15 is 0 Å². The van der Waals surface area contributed by atoms with Crippen molar-refractivity contribution in [2.75, 3.05) is 25.5 Å². The van der Waals surface area contributed by atoms with Gasteiger partial charge in [-0.15, -0.1) is 0 Å². The molecule has 1 aliphatic heterocycles. The van der Waals surface area contributed by atoms with Crippen LogP contribution in [0.5, 0.6) is 5.75 Å². The minimum absolute atomic E-state index is 0.0564. The molecule has 0 atom stereocenters. The van der Waals surface area contributed by atoms with Gasteiger partial charge in [-0.2, -0.15) is 0 Å². The zero-order valence-electron chi connectivity index (χ0n) is 19.7. The van der Waals surface area contributed by atoms with E-state index in [2.05, 4.69) is 20.5 Å². The number of likely N-dealkylation sites (tertiary alicyclic amines) is 1. The van der Waals surface area contributed by atoms with Crippen LogP contribution in [-0.2, 0) is 11.3 Å². The molecule has 1 aromatic heterocycles. The van der Waals surface area contributed by atoms with Gasteiger partial charge in [-0.3, -0.25) is 19.5 Å². The monoisotopic (exact) mass is 438 g/mol. The molecule has 0 radical (unpaired) electrons. The number of nitrogens with one attached hydrogen (secondary N) is 2. The normalized spacial score (nSPS) is 15.3. The van der Waals surface area contributed by atoms with Crippen molar-refractivity contribution in [2.24, 2.45) is 5.92 Å². The quantitative estimate of drug-likeness (QED) is 0.717. The largest absolute Gasteiger partial charge is 0.496 e. The first-order valence-corrected chi connectivity index (χ1v) is 11.1. The number of anilines is 1. The van der Waals surface area contributed by atoms with Gasteiger partial charge in [0.2, 0.25) is 5.91 Å². The van der Waals surface area contributed by atoms with Crippen molar-refractivity contribution < 1.29 is 14.3 Å². The second kappa shape index (κ2) is 10.1. The molecule has 2 aromatic rings.